The number of hydrogen-bond donors (Lipinski definition) is 1. The summed E-state index contributed by atoms with van der Waals surface area (Å²) < 4.78 is 5.37. The van der Waals surface area contributed by atoms with Crippen LogP contribution in [0, 0.1) is 29.6 Å². The number of aliphatic carboxylic acids is 1. The average Bonchev–Trinajstić information content (AvgIpc) is 3.19. The Hall–Kier alpha value is -1.36. The molecule has 5 atom stereocenters. The molecule has 5 heteroatoms. The van der Waals surface area contributed by atoms with Crippen molar-refractivity contribution in [3.63, 3.8) is 0 Å². The van der Waals surface area contributed by atoms with Crippen molar-refractivity contribution in [2.75, 3.05) is 26.3 Å². The van der Waals surface area contributed by atoms with E-state index in [0.29, 0.717) is 25.6 Å². The van der Waals surface area contributed by atoms with Gasteiger partial charge in [0.25, 0.3) is 0 Å². The summed E-state index contributed by atoms with van der Waals surface area (Å²) in [5, 5.41) is 9.47. The highest BCUT2D eigenvalue weighted by atomic mass is 16.5. The maximum atomic E-state index is 12.9. The molecule has 5 nitrogen and oxygen atoms in total. The van der Waals surface area contributed by atoms with E-state index in [-0.39, 0.29) is 23.7 Å². The molecule has 2 bridgehead atoms. The van der Waals surface area contributed by atoms with Crippen LogP contribution in [-0.2, 0) is 14.3 Å². The second-order valence-corrected chi connectivity index (χ2v) is 6.44. The summed E-state index contributed by atoms with van der Waals surface area (Å²) in [7, 11) is 0. The third-order valence-corrected chi connectivity index (χ3v) is 5.23. The van der Waals surface area contributed by atoms with E-state index in [0.717, 1.165) is 19.4 Å². The average molecular weight is 293 g/mol. The third kappa shape index (κ3) is 2.59. The monoisotopic (exact) mass is 293 g/mol. The van der Waals surface area contributed by atoms with Gasteiger partial charge in [-0.2, -0.15) is 0 Å². The van der Waals surface area contributed by atoms with Gasteiger partial charge < -0.3 is 14.7 Å². The second-order valence-electron chi connectivity index (χ2n) is 6.44. The van der Waals surface area contributed by atoms with Crippen LogP contribution in [0.2, 0.25) is 0 Å². The molecule has 1 heterocycles. The van der Waals surface area contributed by atoms with E-state index >= 15 is 0 Å². The minimum atomic E-state index is -0.828. The summed E-state index contributed by atoms with van der Waals surface area (Å²) in [6, 6.07) is 0. The van der Waals surface area contributed by atoms with Crippen LogP contribution in [0.3, 0.4) is 0 Å². The van der Waals surface area contributed by atoms with Gasteiger partial charge in [0.1, 0.15) is 0 Å². The summed E-state index contributed by atoms with van der Waals surface area (Å²) in [5.74, 6) is -1.18. The highest BCUT2D eigenvalue weighted by Gasteiger charge is 2.52. The molecule has 1 saturated heterocycles. The Bertz CT molecular complexity index is 455. The van der Waals surface area contributed by atoms with E-state index in [1.807, 2.05) is 24.0 Å². The zero-order valence-electron chi connectivity index (χ0n) is 12.4. The van der Waals surface area contributed by atoms with Gasteiger partial charge in [0.2, 0.25) is 5.91 Å². The molecule has 0 aromatic rings. The lowest BCUT2D eigenvalue weighted by molar-refractivity contribution is -0.151. The Labute approximate surface area is 124 Å². The molecule has 0 radical (unpaired) electrons. The maximum Gasteiger partial charge on any atom is 0.307 e. The first-order valence-corrected chi connectivity index (χ1v) is 7.89. The van der Waals surface area contributed by atoms with Crippen LogP contribution in [-0.4, -0.2) is 48.2 Å². The number of fused-ring (bicyclic) bond motifs is 2. The molecule has 2 aliphatic carbocycles. The summed E-state index contributed by atoms with van der Waals surface area (Å²) in [6.07, 6.45) is 5.83. The molecule has 0 spiro atoms. The number of carboxylic acids is 1. The highest BCUT2D eigenvalue weighted by Crippen LogP contribution is 2.48. The van der Waals surface area contributed by atoms with Crippen molar-refractivity contribution in [2.24, 2.45) is 29.6 Å². The molecule has 3 rings (SSSR count). The zero-order valence-corrected chi connectivity index (χ0v) is 12.4. The predicted molar refractivity (Wildman–Crippen MR) is 76.5 cm³/mol. The number of rotatable bonds is 5. The van der Waals surface area contributed by atoms with Gasteiger partial charge in [-0.05, 0) is 31.6 Å². The number of allylic oxidation sites excluding steroid dienone is 2. The fourth-order valence-corrected chi connectivity index (χ4v) is 4.12. The summed E-state index contributed by atoms with van der Waals surface area (Å²) in [6.45, 7) is 4.78. The van der Waals surface area contributed by atoms with Crippen LogP contribution in [0.25, 0.3) is 0 Å². The molecule has 21 heavy (non-hydrogen) atoms. The maximum absolute atomic E-state index is 12.9. The van der Waals surface area contributed by atoms with Gasteiger partial charge in [0, 0.05) is 25.6 Å². The number of nitrogens with zero attached hydrogens (tertiary/aromatic N) is 1. The number of ether oxygens (including phenoxy) is 1. The zero-order chi connectivity index (χ0) is 15.0. The normalized spacial score (nSPS) is 37.1. The van der Waals surface area contributed by atoms with Crippen molar-refractivity contribution in [3.05, 3.63) is 12.2 Å². The van der Waals surface area contributed by atoms with Gasteiger partial charge in [-0.25, -0.2) is 0 Å². The lowest BCUT2D eigenvalue weighted by Crippen LogP contribution is -2.44. The molecule has 1 amide bonds. The Morgan fingerprint density at radius 1 is 1.29 bits per heavy atom. The molecule has 2 fully saturated rings. The van der Waals surface area contributed by atoms with Crippen molar-refractivity contribution in [2.45, 2.75) is 19.8 Å². The SMILES string of the molecule is CCN(CC1CCOC1)C(=O)C1C2C=CC(C2)C1C(=O)O. The van der Waals surface area contributed by atoms with Crippen molar-refractivity contribution in [1.29, 1.82) is 0 Å². The van der Waals surface area contributed by atoms with E-state index in [9.17, 15) is 14.7 Å². The van der Waals surface area contributed by atoms with E-state index in [1.54, 1.807) is 0 Å². The largest absolute Gasteiger partial charge is 0.481 e. The van der Waals surface area contributed by atoms with Crippen LogP contribution in [0.1, 0.15) is 19.8 Å². The van der Waals surface area contributed by atoms with Crippen molar-refractivity contribution in [1.82, 2.24) is 4.90 Å². The second kappa shape index (κ2) is 5.79. The van der Waals surface area contributed by atoms with Gasteiger partial charge in [0.05, 0.1) is 18.4 Å². The smallest absolute Gasteiger partial charge is 0.307 e. The van der Waals surface area contributed by atoms with Crippen molar-refractivity contribution < 1.29 is 19.4 Å². The fraction of sp³-hybridized carbons (Fsp3) is 0.750. The van der Waals surface area contributed by atoms with Crippen LogP contribution in [0.5, 0.6) is 0 Å². The summed E-state index contributed by atoms with van der Waals surface area (Å²) in [4.78, 5) is 26.2. The Morgan fingerprint density at radius 2 is 2.00 bits per heavy atom. The van der Waals surface area contributed by atoms with Gasteiger partial charge >= 0.3 is 5.97 Å². The van der Waals surface area contributed by atoms with E-state index < -0.39 is 11.9 Å². The molecular weight excluding hydrogens is 270 g/mol. The molecule has 1 saturated carbocycles. The molecule has 3 aliphatic rings. The quantitative estimate of drug-likeness (QED) is 0.778. The fourth-order valence-electron chi connectivity index (χ4n) is 4.12. The molecule has 116 valence electrons. The summed E-state index contributed by atoms with van der Waals surface area (Å²) in [5.41, 5.74) is 0. The van der Waals surface area contributed by atoms with Crippen molar-refractivity contribution >= 4 is 11.9 Å². The molecular formula is C16H23NO4. The highest BCUT2D eigenvalue weighted by molar-refractivity contribution is 5.87. The number of hydrogen-bond acceptors (Lipinski definition) is 3. The van der Waals surface area contributed by atoms with E-state index in [1.165, 1.54) is 0 Å². The minimum Gasteiger partial charge on any atom is -0.481 e. The standard InChI is InChI=1S/C16H23NO4/c1-2-17(8-10-5-6-21-9-10)15(18)13-11-3-4-12(7-11)14(13)16(19)20/h3-4,10-14H,2,5-9H2,1H3,(H,19,20). The Morgan fingerprint density at radius 3 is 2.57 bits per heavy atom. The lowest BCUT2D eigenvalue weighted by atomic mass is 9.82. The van der Waals surface area contributed by atoms with Gasteiger partial charge in [-0.3, -0.25) is 9.59 Å². The Balaban J connectivity index is 1.72. The van der Waals surface area contributed by atoms with Crippen LogP contribution in [0.4, 0.5) is 0 Å². The van der Waals surface area contributed by atoms with Crippen LogP contribution < -0.4 is 0 Å². The van der Waals surface area contributed by atoms with E-state index in [4.69, 9.17) is 4.74 Å². The third-order valence-electron chi connectivity index (χ3n) is 5.23. The first-order chi connectivity index (χ1) is 10.1. The predicted octanol–water partition coefficient (Wildman–Crippen LogP) is 1.39. The van der Waals surface area contributed by atoms with E-state index in [2.05, 4.69) is 0 Å². The van der Waals surface area contributed by atoms with Crippen LogP contribution in [0.15, 0.2) is 12.2 Å². The molecule has 0 aromatic heterocycles. The topological polar surface area (TPSA) is 66.8 Å². The molecule has 1 aliphatic heterocycles. The molecule has 5 unspecified atom stereocenters. The number of carbonyl (C=O) groups excluding carboxylic acids is 1. The van der Waals surface area contributed by atoms with Gasteiger partial charge in [-0.15, -0.1) is 0 Å². The first kappa shape index (κ1) is 14.6. The van der Waals surface area contributed by atoms with Gasteiger partial charge in [0.15, 0.2) is 0 Å². The lowest BCUT2D eigenvalue weighted by Gasteiger charge is -2.31. The molecule has 0 aromatic carbocycles. The Kier molecular flexibility index (Phi) is 4.02. The molecule has 1 N–H and O–H groups in total. The van der Waals surface area contributed by atoms with Gasteiger partial charge in [-0.1, -0.05) is 12.2 Å². The first-order valence-electron chi connectivity index (χ1n) is 7.89. The van der Waals surface area contributed by atoms with Crippen molar-refractivity contribution in [3.8, 4) is 0 Å². The minimum absolute atomic E-state index is 0.0219. The number of carbonyl (C=O) groups is 2. The number of carboxylic acid groups (broad SMARTS) is 1. The number of amides is 1. The summed E-state index contributed by atoms with van der Waals surface area (Å²) >= 11 is 0. The van der Waals surface area contributed by atoms with Crippen LogP contribution >= 0.6 is 0 Å².